The SMILES string of the molecule is COC1(c2ncco2)CCCc2nc(-c3cc(F)c(O)c(F)c3)ccc21. The molecule has 3 aromatic rings. The lowest BCUT2D eigenvalue weighted by atomic mass is 9.80. The average Bonchev–Trinajstić information content (AvgIpc) is 3.20. The van der Waals surface area contributed by atoms with Crippen molar-refractivity contribution in [2.24, 2.45) is 0 Å². The Balaban J connectivity index is 1.83. The molecular formula is C19H16F2N2O3. The van der Waals surface area contributed by atoms with E-state index in [0.717, 1.165) is 29.8 Å². The summed E-state index contributed by atoms with van der Waals surface area (Å²) in [6.45, 7) is 0. The summed E-state index contributed by atoms with van der Waals surface area (Å²) in [5.41, 5.74) is 1.44. The smallest absolute Gasteiger partial charge is 0.231 e. The van der Waals surface area contributed by atoms with Gasteiger partial charge in [-0.3, -0.25) is 4.98 Å². The Morgan fingerprint density at radius 1 is 1.23 bits per heavy atom. The van der Waals surface area contributed by atoms with Gasteiger partial charge in [-0.25, -0.2) is 13.8 Å². The second-order valence-electron chi connectivity index (χ2n) is 6.20. The minimum absolute atomic E-state index is 0.255. The van der Waals surface area contributed by atoms with Crippen LogP contribution in [-0.4, -0.2) is 22.2 Å². The molecule has 2 aromatic heterocycles. The van der Waals surface area contributed by atoms with E-state index in [1.807, 2.05) is 6.07 Å². The Bertz CT molecular complexity index is 936. The number of halogens is 2. The van der Waals surface area contributed by atoms with Crippen LogP contribution in [0.25, 0.3) is 11.3 Å². The number of aryl methyl sites for hydroxylation is 1. The number of ether oxygens (including phenoxy) is 1. The zero-order valence-electron chi connectivity index (χ0n) is 14.0. The number of nitrogens with zero attached hydrogens (tertiary/aromatic N) is 2. The van der Waals surface area contributed by atoms with Crippen molar-refractivity contribution in [1.29, 1.82) is 0 Å². The molecule has 1 aliphatic carbocycles. The number of fused-ring (bicyclic) bond motifs is 1. The van der Waals surface area contributed by atoms with Crippen LogP contribution in [0.15, 0.2) is 41.1 Å². The Kier molecular flexibility index (Phi) is 3.96. The van der Waals surface area contributed by atoms with Crippen LogP contribution in [0.4, 0.5) is 8.78 Å². The molecule has 2 heterocycles. The Morgan fingerprint density at radius 3 is 2.65 bits per heavy atom. The fraction of sp³-hybridized carbons (Fsp3) is 0.263. The van der Waals surface area contributed by atoms with E-state index in [9.17, 15) is 13.9 Å². The van der Waals surface area contributed by atoms with Crippen LogP contribution >= 0.6 is 0 Å². The Hall–Kier alpha value is -2.80. The number of benzene rings is 1. The number of hydrogen-bond donors (Lipinski definition) is 1. The van der Waals surface area contributed by atoms with E-state index in [1.165, 1.54) is 6.26 Å². The van der Waals surface area contributed by atoms with Gasteiger partial charge < -0.3 is 14.3 Å². The third-order valence-electron chi connectivity index (χ3n) is 4.79. The highest BCUT2D eigenvalue weighted by atomic mass is 19.1. The third-order valence-corrected chi connectivity index (χ3v) is 4.79. The molecule has 134 valence electrons. The number of methoxy groups -OCH3 is 1. The van der Waals surface area contributed by atoms with Crippen LogP contribution in [0.2, 0.25) is 0 Å². The van der Waals surface area contributed by atoms with Gasteiger partial charge in [-0.15, -0.1) is 0 Å². The largest absolute Gasteiger partial charge is 0.503 e. The minimum Gasteiger partial charge on any atom is -0.503 e. The zero-order chi connectivity index (χ0) is 18.3. The maximum Gasteiger partial charge on any atom is 0.231 e. The monoisotopic (exact) mass is 358 g/mol. The second kappa shape index (κ2) is 6.17. The summed E-state index contributed by atoms with van der Waals surface area (Å²) in [5.74, 6) is -2.58. The minimum atomic E-state index is -1.02. The average molecular weight is 358 g/mol. The normalized spacial score (nSPS) is 19.3. The van der Waals surface area contributed by atoms with Crippen molar-refractivity contribution in [1.82, 2.24) is 9.97 Å². The first-order chi connectivity index (χ1) is 12.5. The van der Waals surface area contributed by atoms with Crippen molar-refractivity contribution in [2.75, 3.05) is 7.11 Å². The number of aromatic nitrogens is 2. The highest BCUT2D eigenvalue weighted by Gasteiger charge is 2.43. The molecule has 7 heteroatoms. The number of rotatable bonds is 3. The first-order valence-electron chi connectivity index (χ1n) is 8.19. The quantitative estimate of drug-likeness (QED) is 0.768. The molecule has 1 unspecified atom stereocenters. The molecule has 0 bridgehead atoms. The van der Waals surface area contributed by atoms with E-state index in [-0.39, 0.29) is 5.56 Å². The van der Waals surface area contributed by atoms with E-state index >= 15 is 0 Å². The molecular weight excluding hydrogens is 342 g/mol. The van der Waals surface area contributed by atoms with Gasteiger partial charge in [0.2, 0.25) is 5.89 Å². The van der Waals surface area contributed by atoms with Gasteiger partial charge in [0.05, 0.1) is 11.9 Å². The molecule has 26 heavy (non-hydrogen) atoms. The highest BCUT2D eigenvalue weighted by molar-refractivity contribution is 5.62. The molecule has 5 nitrogen and oxygen atoms in total. The van der Waals surface area contributed by atoms with Gasteiger partial charge in [-0.2, -0.15) is 0 Å². The predicted molar refractivity (Wildman–Crippen MR) is 88.5 cm³/mol. The van der Waals surface area contributed by atoms with Gasteiger partial charge in [0.1, 0.15) is 6.26 Å². The van der Waals surface area contributed by atoms with E-state index in [1.54, 1.807) is 19.4 Å². The van der Waals surface area contributed by atoms with Crippen molar-refractivity contribution in [3.63, 3.8) is 0 Å². The number of oxazole rings is 1. The molecule has 0 saturated carbocycles. The first kappa shape index (κ1) is 16.7. The molecule has 0 saturated heterocycles. The standard InChI is InChI=1S/C19H16F2N2O3/c1-25-19(18-22-7-8-26-18)6-2-3-16-12(19)4-5-15(23-16)11-9-13(20)17(24)14(21)10-11/h4-5,7-10,24H,2-3,6H2,1H3. The summed E-state index contributed by atoms with van der Waals surface area (Å²) >= 11 is 0. The van der Waals surface area contributed by atoms with Gasteiger partial charge in [-0.1, -0.05) is 6.07 Å². The van der Waals surface area contributed by atoms with Crippen LogP contribution in [0, 0.1) is 11.6 Å². The van der Waals surface area contributed by atoms with Crippen LogP contribution in [0.3, 0.4) is 0 Å². The molecule has 0 aliphatic heterocycles. The number of phenolic OH excluding ortho intramolecular Hbond substituents is 1. The summed E-state index contributed by atoms with van der Waals surface area (Å²) in [5, 5.41) is 9.27. The summed E-state index contributed by atoms with van der Waals surface area (Å²) in [6, 6.07) is 5.63. The van der Waals surface area contributed by atoms with Gasteiger partial charge in [0.15, 0.2) is 23.0 Å². The zero-order valence-corrected chi connectivity index (χ0v) is 14.0. The Labute approximate surface area is 148 Å². The van der Waals surface area contributed by atoms with Crippen molar-refractivity contribution in [3.8, 4) is 17.0 Å². The van der Waals surface area contributed by atoms with Crippen LogP contribution in [0.1, 0.15) is 30.0 Å². The number of hydrogen-bond acceptors (Lipinski definition) is 5. The van der Waals surface area contributed by atoms with Crippen molar-refractivity contribution in [2.45, 2.75) is 24.9 Å². The first-order valence-corrected chi connectivity index (χ1v) is 8.19. The highest BCUT2D eigenvalue weighted by Crippen LogP contribution is 2.42. The maximum absolute atomic E-state index is 13.7. The van der Waals surface area contributed by atoms with E-state index in [0.29, 0.717) is 24.4 Å². The molecule has 0 fully saturated rings. The summed E-state index contributed by atoms with van der Waals surface area (Å²) in [4.78, 5) is 8.83. The lowest BCUT2D eigenvalue weighted by Crippen LogP contribution is -2.35. The molecule has 0 radical (unpaired) electrons. The summed E-state index contributed by atoms with van der Waals surface area (Å²) in [6.07, 6.45) is 5.26. The van der Waals surface area contributed by atoms with E-state index in [4.69, 9.17) is 9.15 Å². The predicted octanol–water partition coefficient (Wildman–Crippen LogP) is 3.95. The fourth-order valence-corrected chi connectivity index (χ4v) is 3.52. The fourth-order valence-electron chi connectivity index (χ4n) is 3.52. The molecule has 1 atom stereocenters. The molecule has 0 spiro atoms. The van der Waals surface area contributed by atoms with Gasteiger partial charge >= 0.3 is 0 Å². The Morgan fingerprint density at radius 2 is 2.00 bits per heavy atom. The molecule has 1 N–H and O–H groups in total. The lowest BCUT2D eigenvalue weighted by molar-refractivity contribution is -0.0150. The van der Waals surface area contributed by atoms with Crippen LogP contribution < -0.4 is 0 Å². The van der Waals surface area contributed by atoms with Crippen molar-refractivity contribution in [3.05, 3.63) is 65.5 Å². The van der Waals surface area contributed by atoms with Crippen LogP contribution in [-0.2, 0) is 16.8 Å². The van der Waals surface area contributed by atoms with E-state index < -0.39 is 23.0 Å². The van der Waals surface area contributed by atoms with Gasteiger partial charge in [-0.05, 0) is 37.5 Å². The van der Waals surface area contributed by atoms with Crippen LogP contribution in [0.5, 0.6) is 5.75 Å². The number of pyridine rings is 1. The summed E-state index contributed by atoms with van der Waals surface area (Å²) in [7, 11) is 1.60. The second-order valence-corrected chi connectivity index (χ2v) is 6.20. The topological polar surface area (TPSA) is 68.4 Å². The van der Waals surface area contributed by atoms with Gasteiger partial charge in [0.25, 0.3) is 0 Å². The number of aromatic hydroxyl groups is 1. The van der Waals surface area contributed by atoms with Crippen molar-refractivity contribution >= 4 is 0 Å². The molecule has 4 rings (SSSR count). The molecule has 0 amide bonds. The summed E-state index contributed by atoms with van der Waals surface area (Å²) < 4.78 is 38.6. The maximum atomic E-state index is 13.7. The van der Waals surface area contributed by atoms with Gasteiger partial charge in [0, 0.05) is 23.9 Å². The third kappa shape index (κ3) is 2.47. The molecule has 1 aromatic carbocycles. The van der Waals surface area contributed by atoms with E-state index in [2.05, 4.69) is 9.97 Å². The number of phenols is 1. The molecule has 1 aliphatic rings. The van der Waals surface area contributed by atoms with Crippen molar-refractivity contribution < 1.29 is 23.0 Å². The lowest BCUT2D eigenvalue weighted by Gasteiger charge is -2.34.